The Balaban J connectivity index is 2.87. The summed E-state index contributed by atoms with van der Waals surface area (Å²) in [6.45, 7) is 12.4. The highest BCUT2D eigenvalue weighted by atomic mass is 19.4. The molecule has 1 rings (SSSR count). The van der Waals surface area contributed by atoms with Crippen LogP contribution in [0.5, 0.6) is 0 Å². The van der Waals surface area contributed by atoms with Crippen molar-refractivity contribution in [3.63, 3.8) is 0 Å². The zero-order valence-corrected chi connectivity index (χ0v) is 21.0. The molecular weight excluding hydrogens is 441 g/mol. The van der Waals surface area contributed by atoms with Crippen molar-refractivity contribution in [2.75, 3.05) is 20.1 Å². The summed E-state index contributed by atoms with van der Waals surface area (Å²) >= 11 is 0. The van der Waals surface area contributed by atoms with Crippen molar-refractivity contribution in [2.45, 2.75) is 98.1 Å². The predicted molar refractivity (Wildman–Crippen MR) is 117 cm³/mol. The molecule has 0 N–H and O–H groups in total. The molecule has 10 heteroatoms. The quantitative estimate of drug-likeness (QED) is 0.512. The molecule has 1 aliphatic rings. The van der Waals surface area contributed by atoms with E-state index < -0.39 is 53.7 Å². The Morgan fingerprint density at radius 1 is 1.06 bits per heavy atom. The molecule has 0 saturated carbocycles. The summed E-state index contributed by atoms with van der Waals surface area (Å²) in [5.41, 5.74) is -1.40. The molecule has 0 aromatic carbocycles. The first-order valence-corrected chi connectivity index (χ1v) is 11.3. The largest absolute Gasteiger partial charge is 0.460 e. The minimum Gasteiger partial charge on any atom is -0.460 e. The van der Waals surface area contributed by atoms with E-state index in [0.29, 0.717) is 25.8 Å². The summed E-state index contributed by atoms with van der Waals surface area (Å²) < 4.78 is 49.6. The molecule has 0 aromatic rings. The molecule has 1 aliphatic heterocycles. The minimum absolute atomic E-state index is 0.0890. The van der Waals surface area contributed by atoms with Crippen LogP contribution < -0.4 is 0 Å². The maximum Gasteiger partial charge on any atom is 0.410 e. The molecule has 33 heavy (non-hydrogen) atoms. The van der Waals surface area contributed by atoms with E-state index in [0.717, 1.165) is 0 Å². The summed E-state index contributed by atoms with van der Waals surface area (Å²) in [6, 6.07) is -0.633. The van der Waals surface area contributed by atoms with Crippen molar-refractivity contribution < 1.29 is 37.0 Å². The molecule has 0 spiro atoms. The number of nitrogens with zero attached hydrogens (tertiary/aromatic N) is 2. The summed E-state index contributed by atoms with van der Waals surface area (Å²) in [5, 5.41) is 0. The van der Waals surface area contributed by atoms with Crippen LogP contribution in [0.15, 0.2) is 0 Å². The van der Waals surface area contributed by atoms with Crippen LogP contribution in [0.3, 0.4) is 0 Å². The van der Waals surface area contributed by atoms with Crippen LogP contribution in [-0.2, 0) is 19.1 Å². The first-order chi connectivity index (χ1) is 14.8. The van der Waals surface area contributed by atoms with Crippen LogP contribution in [-0.4, -0.2) is 71.8 Å². The smallest absolute Gasteiger partial charge is 0.410 e. The second kappa shape index (κ2) is 11.0. The van der Waals surface area contributed by atoms with Crippen molar-refractivity contribution in [3.8, 4) is 0 Å². The molecule has 2 unspecified atom stereocenters. The Morgan fingerprint density at radius 2 is 1.64 bits per heavy atom. The Kier molecular flexibility index (Phi) is 9.63. The number of halogens is 3. The lowest BCUT2D eigenvalue weighted by molar-refractivity contribution is -0.174. The van der Waals surface area contributed by atoms with Crippen LogP contribution in [0.1, 0.15) is 74.1 Å². The molecule has 0 bridgehead atoms. The van der Waals surface area contributed by atoms with Crippen LogP contribution >= 0.6 is 0 Å². The maximum atomic E-state index is 12.9. The fourth-order valence-corrected chi connectivity index (χ4v) is 3.58. The molecule has 2 amide bonds. The number of carbonyl (C=O) groups excluding carboxylic acids is 3. The average molecular weight is 481 g/mol. The number of hydrogen-bond donors (Lipinski definition) is 0. The Labute approximate surface area is 194 Å². The number of hydrogen-bond acceptors (Lipinski definition) is 5. The number of ether oxygens (including phenoxy) is 2. The molecule has 192 valence electrons. The fourth-order valence-electron chi connectivity index (χ4n) is 3.58. The Morgan fingerprint density at radius 3 is 2.12 bits per heavy atom. The summed E-state index contributed by atoms with van der Waals surface area (Å²) in [4.78, 5) is 39.6. The van der Waals surface area contributed by atoms with E-state index >= 15 is 0 Å². The summed E-state index contributed by atoms with van der Waals surface area (Å²) in [6.07, 6.45) is -5.86. The van der Waals surface area contributed by atoms with Gasteiger partial charge in [0.15, 0.2) is 0 Å². The van der Waals surface area contributed by atoms with Crippen LogP contribution in [0, 0.1) is 11.3 Å². The van der Waals surface area contributed by atoms with Crippen LogP contribution in [0.2, 0.25) is 0 Å². The highest BCUT2D eigenvalue weighted by Crippen LogP contribution is 2.31. The van der Waals surface area contributed by atoms with Gasteiger partial charge < -0.3 is 19.3 Å². The third-order valence-corrected chi connectivity index (χ3v) is 5.42. The van der Waals surface area contributed by atoms with Crippen molar-refractivity contribution in [1.29, 1.82) is 0 Å². The van der Waals surface area contributed by atoms with Gasteiger partial charge in [-0.15, -0.1) is 0 Å². The van der Waals surface area contributed by atoms with Crippen molar-refractivity contribution in [1.82, 2.24) is 9.80 Å². The second-order valence-electron chi connectivity index (χ2n) is 10.9. The zero-order valence-electron chi connectivity index (χ0n) is 21.0. The van der Waals surface area contributed by atoms with Gasteiger partial charge in [0.1, 0.15) is 18.1 Å². The number of esters is 1. The van der Waals surface area contributed by atoms with E-state index in [-0.39, 0.29) is 12.5 Å². The topological polar surface area (TPSA) is 76.2 Å². The number of likely N-dealkylation sites (tertiary alicyclic amines) is 1. The molecule has 3 atom stereocenters. The van der Waals surface area contributed by atoms with Crippen LogP contribution in [0.4, 0.5) is 18.0 Å². The third-order valence-electron chi connectivity index (χ3n) is 5.42. The number of piperidine rings is 1. The summed E-state index contributed by atoms with van der Waals surface area (Å²) in [5.74, 6) is -1.59. The van der Waals surface area contributed by atoms with E-state index in [1.807, 2.05) is 0 Å². The first-order valence-electron chi connectivity index (χ1n) is 11.3. The second-order valence-corrected chi connectivity index (χ2v) is 10.9. The lowest BCUT2D eigenvalue weighted by Gasteiger charge is -2.43. The number of alkyl halides is 3. The average Bonchev–Trinajstić information content (AvgIpc) is 2.62. The maximum absolute atomic E-state index is 12.9. The van der Waals surface area contributed by atoms with E-state index in [9.17, 15) is 27.6 Å². The summed E-state index contributed by atoms with van der Waals surface area (Å²) in [7, 11) is 1.60. The molecule has 1 fully saturated rings. The number of rotatable bonds is 6. The fraction of sp³-hybridized carbons (Fsp3) is 0.870. The molecule has 7 nitrogen and oxygen atoms in total. The van der Waals surface area contributed by atoms with Gasteiger partial charge in [-0.2, -0.15) is 13.2 Å². The van der Waals surface area contributed by atoms with Crippen molar-refractivity contribution in [3.05, 3.63) is 0 Å². The van der Waals surface area contributed by atoms with E-state index in [1.165, 1.54) is 9.80 Å². The molecule has 0 aliphatic carbocycles. The monoisotopic (exact) mass is 480 g/mol. The molecule has 0 radical (unpaired) electrons. The van der Waals surface area contributed by atoms with E-state index in [4.69, 9.17) is 9.47 Å². The van der Waals surface area contributed by atoms with Gasteiger partial charge in [-0.3, -0.25) is 9.59 Å². The number of amides is 2. The molecule has 1 saturated heterocycles. The normalized spacial score (nSPS) is 20.8. The zero-order chi connectivity index (χ0) is 25.8. The highest BCUT2D eigenvalue weighted by molar-refractivity contribution is 5.78. The van der Waals surface area contributed by atoms with Gasteiger partial charge in [0.2, 0.25) is 5.91 Å². The molecule has 1 heterocycles. The predicted octanol–water partition coefficient (Wildman–Crippen LogP) is 4.78. The Bertz CT molecular complexity index is 698. The van der Waals surface area contributed by atoms with Crippen molar-refractivity contribution in [2.24, 2.45) is 11.3 Å². The molecule has 0 aromatic heterocycles. The van der Waals surface area contributed by atoms with Gasteiger partial charge in [0.05, 0.1) is 11.5 Å². The SMILES string of the molecule is C[C@H](OC(=O)C(C)(C)C)C1CCC(CCN(C)C(=O)OC(C)(C)C)CN1C(=O)CC(F)(F)F. The van der Waals surface area contributed by atoms with Gasteiger partial charge in [-0.05, 0) is 73.6 Å². The van der Waals surface area contributed by atoms with Crippen molar-refractivity contribution >= 4 is 18.0 Å². The van der Waals surface area contributed by atoms with Gasteiger partial charge in [-0.25, -0.2) is 4.79 Å². The standard InChI is InChI=1S/C23H39F3N2O5/c1-15(32-19(30)21(2,3)4)17-10-9-16(14-28(17)18(29)13-23(24,25)26)11-12-27(8)20(31)33-22(5,6)7/h15-17H,9-14H2,1-8H3/t15-,16?,17?/m0/s1. The lowest BCUT2D eigenvalue weighted by atomic mass is 9.87. The van der Waals surface area contributed by atoms with E-state index in [2.05, 4.69) is 0 Å². The third kappa shape index (κ3) is 10.2. The van der Waals surface area contributed by atoms with Gasteiger partial charge in [0.25, 0.3) is 0 Å². The van der Waals surface area contributed by atoms with Crippen LogP contribution in [0.25, 0.3) is 0 Å². The van der Waals surface area contributed by atoms with Gasteiger partial charge in [0, 0.05) is 20.1 Å². The first kappa shape index (κ1) is 29.0. The van der Waals surface area contributed by atoms with Gasteiger partial charge in [-0.1, -0.05) is 0 Å². The molecular formula is C23H39F3N2O5. The Hall–Kier alpha value is -2.00. The van der Waals surface area contributed by atoms with E-state index in [1.54, 1.807) is 55.5 Å². The lowest BCUT2D eigenvalue weighted by Crippen LogP contribution is -2.53. The van der Waals surface area contributed by atoms with Gasteiger partial charge >= 0.3 is 18.2 Å². The number of carbonyl (C=O) groups is 3. The minimum atomic E-state index is -4.63. The highest BCUT2D eigenvalue weighted by Gasteiger charge is 2.41.